The molecule has 3 rings (SSSR count). The quantitative estimate of drug-likeness (QED) is 0.608. The van der Waals surface area contributed by atoms with Gasteiger partial charge in [-0.15, -0.1) is 32.9 Å². The molecule has 0 radical (unpaired) electrons. The van der Waals surface area contributed by atoms with Crippen molar-refractivity contribution >= 4 is 40.3 Å². The molecule has 126 valence electrons. The second-order valence-corrected chi connectivity index (χ2v) is 8.18. The van der Waals surface area contributed by atoms with Gasteiger partial charge in [-0.3, -0.25) is 4.79 Å². The van der Waals surface area contributed by atoms with Crippen LogP contribution in [0.4, 0.5) is 0 Å². The predicted octanol–water partition coefficient (Wildman–Crippen LogP) is 3.61. The average Bonchev–Trinajstić information content (AvgIpc) is 3.33. The van der Waals surface area contributed by atoms with E-state index < -0.39 is 0 Å². The standard InChI is InChI=1S/C16H18N4OS3/c1-12(14-5-3-9-23-14)18-15(21)10-24-16-19-17-11-20(16)7-6-13-4-2-8-22-13/h2-5,8-9,11-12H,6-7,10H2,1H3,(H,18,21). The van der Waals surface area contributed by atoms with E-state index in [1.165, 1.54) is 16.6 Å². The van der Waals surface area contributed by atoms with E-state index in [0.29, 0.717) is 5.75 Å². The Morgan fingerprint density at radius 2 is 2.17 bits per heavy atom. The zero-order valence-electron chi connectivity index (χ0n) is 13.2. The summed E-state index contributed by atoms with van der Waals surface area (Å²) in [4.78, 5) is 14.6. The summed E-state index contributed by atoms with van der Waals surface area (Å²) < 4.78 is 2.00. The van der Waals surface area contributed by atoms with E-state index in [0.717, 1.165) is 23.0 Å². The Balaban J connectivity index is 1.48. The van der Waals surface area contributed by atoms with Crippen LogP contribution in [0.5, 0.6) is 0 Å². The van der Waals surface area contributed by atoms with E-state index in [1.807, 2.05) is 29.0 Å². The molecule has 24 heavy (non-hydrogen) atoms. The Morgan fingerprint density at radius 1 is 1.33 bits per heavy atom. The maximum absolute atomic E-state index is 12.1. The summed E-state index contributed by atoms with van der Waals surface area (Å²) >= 11 is 4.82. The number of carbonyl (C=O) groups excluding carboxylic acids is 1. The molecule has 0 saturated heterocycles. The monoisotopic (exact) mass is 378 g/mol. The molecule has 5 nitrogen and oxygen atoms in total. The van der Waals surface area contributed by atoms with Gasteiger partial charge in [0.25, 0.3) is 0 Å². The summed E-state index contributed by atoms with van der Waals surface area (Å²) in [7, 11) is 0. The average molecular weight is 379 g/mol. The molecule has 1 N–H and O–H groups in total. The van der Waals surface area contributed by atoms with Crippen LogP contribution in [0.2, 0.25) is 0 Å². The van der Waals surface area contributed by atoms with E-state index >= 15 is 0 Å². The Bertz CT molecular complexity index is 752. The fourth-order valence-electron chi connectivity index (χ4n) is 2.22. The molecule has 3 heterocycles. The predicted molar refractivity (Wildman–Crippen MR) is 99.6 cm³/mol. The van der Waals surface area contributed by atoms with Gasteiger partial charge < -0.3 is 9.88 Å². The van der Waals surface area contributed by atoms with Crippen molar-refractivity contribution < 1.29 is 4.79 Å². The minimum atomic E-state index is 0.00806. The minimum Gasteiger partial charge on any atom is -0.348 e. The van der Waals surface area contributed by atoms with Crippen LogP contribution in [0.25, 0.3) is 0 Å². The number of aromatic nitrogens is 3. The SMILES string of the molecule is CC(NC(=O)CSc1nncn1CCc1cccs1)c1cccs1. The van der Waals surface area contributed by atoms with E-state index in [9.17, 15) is 4.79 Å². The zero-order chi connectivity index (χ0) is 16.8. The first kappa shape index (κ1) is 17.2. The fourth-order valence-corrected chi connectivity index (χ4v) is 4.40. The van der Waals surface area contributed by atoms with Crippen LogP contribution >= 0.6 is 34.4 Å². The lowest BCUT2D eigenvalue weighted by atomic mass is 10.3. The van der Waals surface area contributed by atoms with Gasteiger partial charge in [-0.05, 0) is 36.2 Å². The van der Waals surface area contributed by atoms with Crippen LogP contribution in [0.15, 0.2) is 46.5 Å². The molecule has 0 aromatic carbocycles. The first-order valence-electron chi connectivity index (χ1n) is 7.58. The van der Waals surface area contributed by atoms with E-state index in [-0.39, 0.29) is 11.9 Å². The lowest BCUT2D eigenvalue weighted by molar-refractivity contribution is -0.119. The van der Waals surface area contributed by atoms with Crippen molar-refractivity contribution in [2.45, 2.75) is 31.1 Å². The van der Waals surface area contributed by atoms with Crippen molar-refractivity contribution in [2.24, 2.45) is 0 Å². The van der Waals surface area contributed by atoms with Gasteiger partial charge in [-0.1, -0.05) is 23.9 Å². The van der Waals surface area contributed by atoms with Crippen molar-refractivity contribution in [3.8, 4) is 0 Å². The van der Waals surface area contributed by atoms with Crippen molar-refractivity contribution in [1.29, 1.82) is 0 Å². The molecule has 1 atom stereocenters. The number of hydrogen-bond donors (Lipinski definition) is 1. The van der Waals surface area contributed by atoms with Crippen LogP contribution < -0.4 is 5.32 Å². The molecule has 0 spiro atoms. The molecule has 1 unspecified atom stereocenters. The molecule has 0 fully saturated rings. The number of nitrogens with one attached hydrogen (secondary N) is 1. The Morgan fingerprint density at radius 3 is 2.92 bits per heavy atom. The highest BCUT2D eigenvalue weighted by molar-refractivity contribution is 7.99. The number of carbonyl (C=O) groups is 1. The van der Waals surface area contributed by atoms with Gasteiger partial charge in [0.05, 0.1) is 11.8 Å². The first-order chi connectivity index (χ1) is 11.7. The Labute approximate surface area is 153 Å². The van der Waals surface area contributed by atoms with Crippen molar-refractivity contribution in [3.63, 3.8) is 0 Å². The lowest BCUT2D eigenvalue weighted by Gasteiger charge is -2.12. The third-order valence-corrected chi connectivity index (χ3v) is 6.41. The molecule has 3 aromatic heterocycles. The summed E-state index contributed by atoms with van der Waals surface area (Å²) in [6.07, 6.45) is 2.67. The van der Waals surface area contributed by atoms with Crippen molar-refractivity contribution in [1.82, 2.24) is 20.1 Å². The normalized spacial score (nSPS) is 12.2. The van der Waals surface area contributed by atoms with Crippen molar-refractivity contribution in [2.75, 3.05) is 5.75 Å². The van der Waals surface area contributed by atoms with Gasteiger partial charge >= 0.3 is 0 Å². The number of thioether (sulfide) groups is 1. The molecule has 0 aliphatic carbocycles. The molecule has 1 amide bonds. The van der Waals surface area contributed by atoms with Gasteiger partial charge in [0.2, 0.25) is 5.91 Å². The highest BCUT2D eigenvalue weighted by Gasteiger charge is 2.13. The van der Waals surface area contributed by atoms with Gasteiger partial charge in [0.1, 0.15) is 6.33 Å². The number of rotatable bonds is 8. The van der Waals surface area contributed by atoms with Crippen LogP contribution in [-0.4, -0.2) is 26.4 Å². The van der Waals surface area contributed by atoms with Gasteiger partial charge in [0.15, 0.2) is 5.16 Å². The minimum absolute atomic E-state index is 0.00806. The fraction of sp³-hybridized carbons (Fsp3) is 0.312. The van der Waals surface area contributed by atoms with Gasteiger partial charge in [0, 0.05) is 16.3 Å². The summed E-state index contributed by atoms with van der Waals surface area (Å²) in [6.45, 7) is 2.82. The van der Waals surface area contributed by atoms with Gasteiger partial charge in [-0.25, -0.2) is 0 Å². The molecule has 0 aliphatic rings. The molecule has 0 aliphatic heterocycles. The largest absolute Gasteiger partial charge is 0.348 e. The summed E-state index contributed by atoms with van der Waals surface area (Å²) in [5.74, 6) is 0.349. The second-order valence-electron chi connectivity index (χ2n) is 5.23. The smallest absolute Gasteiger partial charge is 0.230 e. The first-order valence-corrected chi connectivity index (χ1v) is 10.3. The number of thiophene rings is 2. The molecular formula is C16H18N4OS3. The number of aryl methyl sites for hydroxylation is 2. The summed E-state index contributed by atoms with van der Waals surface area (Å²) in [5.41, 5.74) is 0. The second kappa shape index (κ2) is 8.46. The van der Waals surface area contributed by atoms with E-state index in [2.05, 4.69) is 33.0 Å². The maximum Gasteiger partial charge on any atom is 0.230 e. The molecule has 3 aromatic rings. The van der Waals surface area contributed by atoms with Crippen LogP contribution in [-0.2, 0) is 17.8 Å². The Kier molecular flexibility index (Phi) is 6.06. The molecule has 8 heteroatoms. The molecule has 0 bridgehead atoms. The zero-order valence-corrected chi connectivity index (χ0v) is 15.7. The highest BCUT2D eigenvalue weighted by Crippen LogP contribution is 2.20. The maximum atomic E-state index is 12.1. The van der Waals surface area contributed by atoms with Crippen LogP contribution in [0, 0.1) is 0 Å². The molecular weight excluding hydrogens is 360 g/mol. The topological polar surface area (TPSA) is 59.8 Å². The van der Waals surface area contributed by atoms with Crippen molar-refractivity contribution in [3.05, 3.63) is 51.1 Å². The van der Waals surface area contributed by atoms with E-state index in [1.54, 1.807) is 29.0 Å². The molecule has 0 saturated carbocycles. The van der Waals surface area contributed by atoms with Crippen LogP contribution in [0.1, 0.15) is 22.7 Å². The number of amides is 1. The van der Waals surface area contributed by atoms with Gasteiger partial charge in [-0.2, -0.15) is 0 Å². The number of nitrogens with zero attached hydrogens (tertiary/aromatic N) is 3. The van der Waals surface area contributed by atoms with E-state index in [4.69, 9.17) is 0 Å². The Hall–Kier alpha value is -1.64. The van der Waals surface area contributed by atoms with Crippen LogP contribution in [0.3, 0.4) is 0 Å². The lowest BCUT2D eigenvalue weighted by Crippen LogP contribution is -2.27. The third-order valence-electron chi connectivity index (χ3n) is 3.44. The highest BCUT2D eigenvalue weighted by atomic mass is 32.2. The third kappa shape index (κ3) is 4.68. The summed E-state index contributed by atoms with van der Waals surface area (Å²) in [6, 6.07) is 8.24. The number of hydrogen-bond acceptors (Lipinski definition) is 6. The summed E-state index contributed by atoms with van der Waals surface area (Å²) in [5, 5.41) is 16.0.